The number of carbonyl (C=O) groups excluding carboxylic acids is 2. The van der Waals surface area contributed by atoms with Crippen LogP contribution in [0.25, 0.3) is 0 Å². The summed E-state index contributed by atoms with van der Waals surface area (Å²) in [6, 6.07) is 1.56. The van der Waals surface area contributed by atoms with E-state index in [1.807, 2.05) is 0 Å². The minimum absolute atomic E-state index is 0.175. The first-order valence-electron chi connectivity index (χ1n) is 3.61. The number of allylic oxidation sites excluding steroid dienone is 1. The van der Waals surface area contributed by atoms with Crippen LogP contribution in [0.5, 0.6) is 0 Å². The van der Waals surface area contributed by atoms with Crippen LogP contribution in [0.1, 0.15) is 13.3 Å². The van der Waals surface area contributed by atoms with Crippen molar-refractivity contribution < 1.29 is 19.4 Å². The zero-order chi connectivity index (χ0) is 10.3. The molecule has 5 nitrogen and oxygen atoms in total. The van der Waals surface area contributed by atoms with Gasteiger partial charge in [0.05, 0.1) is 6.07 Å². The molecule has 0 radical (unpaired) electrons. The second-order valence-corrected chi connectivity index (χ2v) is 2.13. The van der Waals surface area contributed by atoms with Gasteiger partial charge < -0.3 is 9.84 Å². The topological polar surface area (TPSA) is 87.4 Å². The fourth-order valence-corrected chi connectivity index (χ4v) is 0.473. The second kappa shape index (κ2) is 5.91. The number of aliphatic hydroxyl groups is 1. The molecule has 0 heterocycles. The van der Waals surface area contributed by atoms with Crippen LogP contribution in [-0.4, -0.2) is 23.1 Å². The first-order chi connectivity index (χ1) is 6.11. The van der Waals surface area contributed by atoms with E-state index < -0.39 is 18.0 Å². The van der Waals surface area contributed by atoms with E-state index in [-0.39, 0.29) is 6.42 Å². The molecule has 13 heavy (non-hydrogen) atoms. The molecule has 0 saturated heterocycles. The van der Waals surface area contributed by atoms with Crippen molar-refractivity contribution in [2.45, 2.75) is 19.4 Å². The number of ether oxygens (including phenoxy) is 1. The summed E-state index contributed by atoms with van der Waals surface area (Å²) in [5.41, 5.74) is 0. The van der Waals surface area contributed by atoms with Crippen molar-refractivity contribution in [3.05, 3.63) is 12.2 Å². The third-order valence-corrected chi connectivity index (χ3v) is 1.15. The Morgan fingerprint density at radius 3 is 2.77 bits per heavy atom. The largest absolute Gasteiger partial charge is 0.388 e. The van der Waals surface area contributed by atoms with E-state index in [1.165, 1.54) is 0 Å². The summed E-state index contributed by atoms with van der Waals surface area (Å²) >= 11 is 0. The highest BCUT2D eigenvalue weighted by molar-refractivity contribution is 5.93. The van der Waals surface area contributed by atoms with E-state index >= 15 is 0 Å². The summed E-state index contributed by atoms with van der Waals surface area (Å²) in [7, 11) is 0. The Bertz CT molecular complexity index is 264. The lowest BCUT2D eigenvalue weighted by Crippen LogP contribution is -2.24. The second-order valence-electron chi connectivity index (χ2n) is 2.13. The SMILES string of the molecule is CCC(O)C(=O)OC(=O)C=CC#N. The number of rotatable bonds is 3. The molecule has 0 aliphatic heterocycles. The number of nitrogens with zero attached hydrogens (tertiary/aromatic N) is 1. The Morgan fingerprint density at radius 2 is 2.31 bits per heavy atom. The van der Waals surface area contributed by atoms with Gasteiger partial charge in [-0.25, -0.2) is 9.59 Å². The van der Waals surface area contributed by atoms with Crippen molar-refractivity contribution in [3.8, 4) is 6.07 Å². The van der Waals surface area contributed by atoms with Crippen molar-refractivity contribution in [2.24, 2.45) is 0 Å². The average Bonchev–Trinajstić information content (AvgIpc) is 2.13. The van der Waals surface area contributed by atoms with Gasteiger partial charge >= 0.3 is 11.9 Å². The fourth-order valence-electron chi connectivity index (χ4n) is 0.473. The van der Waals surface area contributed by atoms with Gasteiger partial charge in [0, 0.05) is 12.2 Å². The molecule has 0 saturated carbocycles. The van der Waals surface area contributed by atoms with Crippen LogP contribution < -0.4 is 0 Å². The van der Waals surface area contributed by atoms with Gasteiger partial charge in [-0.2, -0.15) is 5.26 Å². The number of esters is 2. The predicted molar refractivity (Wildman–Crippen MR) is 42.1 cm³/mol. The van der Waals surface area contributed by atoms with Crippen molar-refractivity contribution in [1.29, 1.82) is 5.26 Å². The normalized spacial score (nSPS) is 12.1. The van der Waals surface area contributed by atoms with Gasteiger partial charge in [-0.1, -0.05) is 6.92 Å². The summed E-state index contributed by atoms with van der Waals surface area (Å²) in [5, 5.41) is 16.9. The predicted octanol–water partition coefficient (Wildman–Crippen LogP) is -0.0931. The third kappa shape index (κ3) is 4.71. The van der Waals surface area contributed by atoms with Crippen LogP contribution in [0.3, 0.4) is 0 Å². The van der Waals surface area contributed by atoms with E-state index in [2.05, 4.69) is 4.74 Å². The molecule has 70 valence electrons. The summed E-state index contributed by atoms with van der Waals surface area (Å²) in [6.07, 6.45) is 0.571. The maximum absolute atomic E-state index is 10.7. The number of hydrogen-bond donors (Lipinski definition) is 1. The Labute approximate surface area is 75.2 Å². The summed E-state index contributed by atoms with van der Waals surface area (Å²) in [5.74, 6) is -1.96. The number of hydrogen-bond acceptors (Lipinski definition) is 5. The average molecular weight is 183 g/mol. The van der Waals surface area contributed by atoms with Crippen LogP contribution in [0.2, 0.25) is 0 Å². The van der Waals surface area contributed by atoms with E-state index in [9.17, 15) is 9.59 Å². The quantitative estimate of drug-likeness (QED) is 0.286. The highest BCUT2D eigenvalue weighted by Crippen LogP contribution is 1.94. The molecular formula is C8H9NO4. The molecule has 0 aromatic heterocycles. The van der Waals surface area contributed by atoms with Crippen molar-refractivity contribution >= 4 is 11.9 Å². The Hall–Kier alpha value is -1.67. The lowest BCUT2D eigenvalue weighted by atomic mass is 10.3. The Kier molecular flexibility index (Phi) is 5.15. The van der Waals surface area contributed by atoms with Gasteiger partial charge in [0.15, 0.2) is 6.10 Å². The highest BCUT2D eigenvalue weighted by Gasteiger charge is 2.16. The maximum Gasteiger partial charge on any atom is 0.342 e. The first-order valence-corrected chi connectivity index (χ1v) is 3.61. The van der Waals surface area contributed by atoms with Gasteiger partial charge in [-0.3, -0.25) is 0 Å². The summed E-state index contributed by atoms with van der Waals surface area (Å²) in [4.78, 5) is 21.4. The molecule has 0 fully saturated rings. The molecule has 0 spiro atoms. The molecule has 1 unspecified atom stereocenters. The lowest BCUT2D eigenvalue weighted by Gasteiger charge is -2.03. The minimum Gasteiger partial charge on any atom is -0.388 e. The van der Waals surface area contributed by atoms with Gasteiger partial charge in [-0.05, 0) is 6.42 Å². The van der Waals surface area contributed by atoms with Crippen molar-refractivity contribution in [2.75, 3.05) is 0 Å². The molecule has 1 atom stereocenters. The molecule has 1 N–H and O–H groups in total. The maximum atomic E-state index is 10.7. The zero-order valence-corrected chi connectivity index (χ0v) is 7.06. The van der Waals surface area contributed by atoms with E-state index in [0.29, 0.717) is 0 Å². The minimum atomic E-state index is -1.29. The van der Waals surface area contributed by atoms with E-state index in [1.54, 1.807) is 13.0 Å². The molecular weight excluding hydrogens is 174 g/mol. The summed E-state index contributed by atoms with van der Waals surface area (Å²) < 4.78 is 4.14. The van der Waals surface area contributed by atoms with Crippen LogP contribution in [0.15, 0.2) is 12.2 Å². The fraction of sp³-hybridized carbons (Fsp3) is 0.375. The van der Waals surface area contributed by atoms with Crippen molar-refractivity contribution in [1.82, 2.24) is 0 Å². The van der Waals surface area contributed by atoms with Gasteiger partial charge in [0.25, 0.3) is 0 Å². The highest BCUT2D eigenvalue weighted by atomic mass is 16.6. The molecule has 0 aromatic rings. The molecule has 0 amide bonds. The number of nitriles is 1. The van der Waals surface area contributed by atoms with E-state index in [4.69, 9.17) is 10.4 Å². The Balaban J connectivity index is 4.01. The van der Waals surface area contributed by atoms with Crippen LogP contribution >= 0.6 is 0 Å². The monoisotopic (exact) mass is 183 g/mol. The number of aliphatic hydroxyl groups excluding tert-OH is 1. The third-order valence-electron chi connectivity index (χ3n) is 1.15. The van der Waals surface area contributed by atoms with Crippen LogP contribution in [0.4, 0.5) is 0 Å². The molecule has 0 aliphatic rings. The van der Waals surface area contributed by atoms with Crippen molar-refractivity contribution in [3.63, 3.8) is 0 Å². The summed E-state index contributed by atoms with van der Waals surface area (Å²) in [6.45, 7) is 1.57. The standard InChI is InChI=1S/C8H9NO4/c1-2-6(10)8(12)13-7(11)4-3-5-9/h3-4,6,10H,2H2,1H3. The number of carbonyl (C=O) groups is 2. The lowest BCUT2D eigenvalue weighted by molar-refractivity contribution is -0.162. The smallest absolute Gasteiger partial charge is 0.342 e. The molecule has 0 aromatic carbocycles. The van der Waals surface area contributed by atoms with Gasteiger partial charge in [0.2, 0.25) is 0 Å². The van der Waals surface area contributed by atoms with Gasteiger partial charge in [0.1, 0.15) is 0 Å². The van der Waals surface area contributed by atoms with Crippen LogP contribution in [0, 0.1) is 11.3 Å². The molecule has 0 bridgehead atoms. The van der Waals surface area contributed by atoms with Gasteiger partial charge in [-0.15, -0.1) is 0 Å². The van der Waals surface area contributed by atoms with E-state index in [0.717, 1.165) is 12.2 Å². The molecule has 5 heteroatoms. The van der Waals surface area contributed by atoms with Crippen LogP contribution in [-0.2, 0) is 14.3 Å². The molecule has 0 aliphatic carbocycles. The Morgan fingerprint density at radius 1 is 1.69 bits per heavy atom. The zero-order valence-electron chi connectivity index (χ0n) is 7.06. The first kappa shape index (κ1) is 11.3. The molecule has 0 rings (SSSR count).